The van der Waals surface area contributed by atoms with Crippen LogP contribution in [0.1, 0.15) is 11.1 Å². The van der Waals surface area contributed by atoms with Crippen LogP contribution in [-0.4, -0.2) is 18.6 Å². The fraction of sp³-hybridized carbons (Fsp3) is 0.235. The average Bonchev–Trinajstić information content (AvgIpc) is 2.49. The molecule has 5 heteroatoms. The Morgan fingerprint density at radius 1 is 1.23 bits per heavy atom. The molecule has 0 saturated heterocycles. The first kappa shape index (κ1) is 14.9. The summed E-state index contributed by atoms with van der Waals surface area (Å²) in [5, 5.41) is 6.14. The Morgan fingerprint density at radius 2 is 1.95 bits per heavy atom. The Kier molecular flexibility index (Phi) is 4.07. The van der Waals surface area contributed by atoms with Crippen LogP contribution in [0.2, 0.25) is 0 Å². The van der Waals surface area contributed by atoms with Crippen LogP contribution >= 0.6 is 15.9 Å². The second-order valence-corrected chi connectivity index (χ2v) is 6.31. The highest BCUT2D eigenvalue weighted by molar-refractivity contribution is 9.10. The molecule has 3 rings (SSSR count). The number of amides is 1. The third-order valence-corrected chi connectivity index (χ3v) is 4.21. The molecule has 0 fully saturated rings. The molecule has 1 aliphatic rings. The third kappa shape index (κ3) is 3.09. The van der Waals surface area contributed by atoms with Gasteiger partial charge in [-0.2, -0.15) is 0 Å². The van der Waals surface area contributed by atoms with E-state index in [0.29, 0.717) is 12.3 Å². The van der Waals surface area contributed by atoms with E-state index >= 15 is 0 Å². The van der Waals surface area contributed by atoms with E-state index in [1.807, 2.05) is 50.2 Å². The van der Waals surface area contributed by atoms with Gasteiger partial charge in [0.15, 0.2) is 6.10 Å². The Hall–Kier alpha value is -2.01. The van der Waals surface area contributed by atoms with Crippen LogP contribution in [0.5, 0.6) is 5.75 Å². The molecule has 1 atom stereocenters. The van der Waals surface area contributed by atoms with Crippen molar-refractivity contribution < 1.29 is 9.53 Å². The van der Waals surface area contributed by atoms with Crippen molar-refractivity contribution in [3.63, 3.8) is 0 Å². The second kappa shape index (κ2) is 6.01. The molecule has 0 aliphatic carbocycles. The number of halogens is 1. The highest BCUT2D eigenvalue weighted by atomic mass is 79.9. The Labute approximate surface area is 138 Å². The number of nitrogens with one attached hydrogen (secondary N) is 2. The Morgan fingerprint density at radius 3 is 2.73 bits per heavy atom. The number of carbonyl (C=O) groups excluding carboxylic acids is 1. The summed E-state index contributed by atoms with van der Waals surface area (Å²) in [5.74, 6) is 0.545. The molecule has 0 radical (unpaired) electrons. The summed E-state index contributed by atoms with van der Waals surface area (Å²) in [6.07, 6.45) is -0.552. The fourth-order valence-corrected chi connectivity index (χ4v) is 2.96. The van der Waals surface area contributed by atoms with Gasteiger partial charge in [0, 0.05) is 4.47 Å². The lowest BCUT2D eigenvalue weighted by Crippen LogP contribution is -2.41. The van der Waals surface area contributed by atoms with E-state index in [1.54, 1.807) is 0 Å². The first-order valence-corrected chi connectivity index (χ1v) is 7.90. The van der Waals surface area contributed by atoms with Gasteiger partial charge in [-0.1, -0.05) is 12.1 Å². The monoisotopic (exact) mass is 360 g/mol. The molecule has 0 saturated carbocycles. The average molecular weight is 361 g/mol. The lowest BCUT2D eigenvalue weighted by Gasteiger charge is -2.27. The van der Waals surface area contributed by atoms with Gasteiger partial charge in [-0.3, -0.25) is 4.79 Å². The van der Waals surface area contributed by atoms with Gasteiger partial charge >= 0.3 is 0 Å². The SMILES string of the molecule is Cc1ccc(NC(=O)C2CNc3cc(C)ccc3O2)c(Br)c1. The molecule has 0 bridgehead atoms. The van der Waals surface area contributed by atoms with Crippen LogP contribution in [0.4, 0.5) is 11.4 Å². The van der Waals surface area contributed by atoms with Crippen LogP contribution in [-0.2, 0) is 4.79 Å². The quantitative estimate of drug-likeness (QED) is 0.854. The maximum atomic E-state index is 12.4. The number of benzene rings is 2. The topological polar surface area (TPSA) is 50.4 Å². The van der Waals surface area contributed by atoms with Gasteiger partial charge in [0.2, 0.25) is 0 Å². The molecule has 1 amide bonds. The molecule has 1 heterocycles. The minimum Gasteiger partial charge on any atom is -0.477 e. The van der Waals surface area contributed by atoms with Crippen molar-refractivity contribution in [2.24, 2.45) is 0 Å². The molecule has 2 aromatic carbocycles. The van der Waals surface area contributed by atoms with E-state index in [1.165, 1.54) is 0 Å². The normalized spacial score (nSPS) is 16.2. The largest absolute Gasteiger partial charge is 0.477 e. The second-order valence-electron chi connectivity index (χ2n) is 5.46. The number of hydrogen-bond acceptors (Lipinski definition) is 3. The van der Waals surface area contributed by atoms with Crippen LogP contribution in [0, 0.1) is 13.8 Å². The van der Waals surface area contributed by atoms with Gasteiger partial charge in [-0.15, -0.1) is 0 Å². The summed E-state index contributed by atoms with van der Waals surface area (Å²) in [4.78, 5) is 12.4. The van der Waals surface area contributed by atoms with Crippen molar-refractivity contribution in [1.82, 2.24) is 0 Å². The van der Waals surface area contributed by atoms with Crippen molar-refractivity contribution in [1.29, 1.82) is 0 Å². The van der Waals surface area contributed by atoms with Crippen LogP contribution < -0.4 is 15.4 Å². The lowest BCUT2D eigenvalue weighted by molar-refractivity contribution is -0.122. The van der Waals surface area contributed by atoms with Gasteiger partial charge in [-0.05, 0) is 65.2 Å². The zero-order valence-electron chi connectivity index (χ0n) is 12.4. The zero-order chi connectivity index (χ0) is 15.7. The summed E-state index contributed by atoms with van der Waals surface area (Å²) in [7, 11) is 0. The van der Waals surface area contributed by atoms with Crippen molar-refractivity contribution in [3.05, 3.63) is 52.0 Å². The smallest absolute Gasteiger partial charge is 0.267 e. The summed E-state index contributed by atoms with van der Waals surface area (Å²) in [6, 6.07) is 11.7. The number of ether oxygens (including phenoxy) is 1. The summed E-state index contributed by atoms with van der Waals surface area (Å²) in [6.45, 7) is 4.48. The zero-order valence-corrected chi connectivity index (χ0v) is 14.0. The Bertz CT molecular complexity index is 731. The minimum atomic E-state index is -0.552. The number of hydrogen-bond donors (Lipinski definition) is 2. The number of rotatable bonds is 2. The fourth-order valence-electron chi connectivity index (χ4n) is 2.36. The van der Waals surface area contributed by atoms with Gasteiger partial charge in [0.1, 0.15) is 5.75 Å². The van der Waals surface area contributed by atoms with Crippen molar-refractivity contribution in [3.8, 4) is 5.75 Å². The molecule has 1 unspecified atom stereocenters. The van der Waals surface area contributed by atoms with E-state index in [4.69, 9.17) is 4.74 Å². The van der Waals surface area contributed by atoms with Crippen molar-refractivity contribution in [2.75, 3.05) is 17.2 Å². The van der Waals surface area contributed by atoms with Gasteiger partial charge in [-0.25, -0.2) is 0 Å². The van der Waals surface area contributed by atoms with Crippen LogP contribution in [0.25, 0.3) is 0 Å². The minimum absolute atomic E-state index is 0.164. The summed E-state index contributed by atoms with van der Waals surface area (Å²) < 4.78 is 6.66. The van der Waals surface area contributed by atoms with Crippen molar-refractivity contribution in [2.45, 2.75) is 20.0 Å². The van der Waals surface area contributed by atoms with Crippen LogP contribution in [0.15, 0.2) is 40.9 Å². The molecule has 1 aliphatic heterocycles. The maximum Gasteiger partial charge on any atom is 0.267 e. The van der Waals surface area contributed by atoms with E-state index in [2.05, 4.69) is 26.6 Å². The number of carbonyl (C=O) groups is 1. The third-order valence-electron chi connectivity index (χ3n) is 3.56. The molecule has 2 N–H and O–H groups in total. The number of aryl methyl sites for hydroxylation is 2. The molecule has 22 heavy (non-hydrogen) atoms. The molecule has 0 aromatic heterocycles. The predicted molar refractivity (Wildman–Crippen MR) is 91.6 cm³/mol. The first-order chi connectivity index (χ1) is 10.5. The highest BCUT2D eigenvalue weighted by Crippen LogP contribution is 2.30. The number of fused-ring (bicyclic) bond motifs is 1. The molecule has 4 nitrogen and oxygen atoms in total. The summed E-state index contributed by atoms with van der Waals surface area (Å²) in [5.41, 5.74) is 3.96. The van der Waals surface area contributed by atoms with Gasteiger partial charge in [0.25, 0.3) is 5.91 Å². The molecular weight excluding hydrogens is 344 g/mol. The van der Waals surface area contributed by atoms with E-state index < -0.39 is 6.10 Å². The van der Waals surface area contributed by atoms with E-state index in [0.717, 1.165) is 27.0 Å². The molecule has 114 valence electrons. The summed E-state index contributed by atoms with van der Waals surface area (Å²) >= 11 is 3.46. The maximum absolute atomic E-state index is 12.4. The lowest BCUT2D eigenvalue weighted by atomic mass is 10.1. The molecule has 2 aromatic rings. The van der Waals surface area contributed by atoms with Crippen molar-refractivity contribution >= 4 is 33.2 Å². The van der Waals surface area contributed by atoms with E-state index in [-0.39, 0.29) is 5.91 Å². The molecule has 0 spiro atoms. The highest BCUT2D eigenvalue weighted by Gasteiger charge is 2.26. The van der Waals surface area contributed by atoms with E-state index in [9.17, 15) is 4.79 Å². The number of anilines is 2. The standard InChI is InChI=1S/C17H17BrN2O2/c1-10-3-5-13(12(18)7-10)20-17(21)16-9-19-14-8-11(2)4-6-15(14)22-16/h3-8,16,19H,9H2,1-2H3,(H,20,21). The molecular formula is C17H17BrN2O2. The predicted octanol–water partition coefficient (Wildman–Crippen LogP) is 3.88. The Balaban J connectivity index is 1.72. The van der Waals surface area contributed by atoms with Crippen LogP contribution in [0.3, 0.4) is 0 Å². The van der Waals surface area contributed by atoms with Gasteiger partial charge in [0.05, 0.1) is 17.9 Å². The van der Waals surface area contributed by atoms with Gasteiger partial charge < -0.3 is 15.4 Å². The first-order valence-electron chi connectivity index (χ1n) is 7.11.